The summed E-state index contributed by atoms with van der Waals surface area (Å²) in [6, 6.07) is 3.43. The van der Waals surface area contributed by atoms with Gasteiger partial charge in [0, 0.05) is 12.0 Å². The predicted molar refractivity (Wildman–Crippen MR) is 63.4 cm³/mol. The highest BCUT2D eigenvalue weighted by Crippen LogP contribution is 2.32. The third-order valence-corrected chi connectivity index (χ3v) is 2.56. The number of rotatable bonds is 5. The van der Waals surface area contributed by atoms with E-state index < -0.39 is 24.7 Å². The van der Waals surface area contributed by atoms with Gasteiger partial charge in [0.15, 0.2) is 0 Å². The van der Waals surface area contributed by atoms with E-state index in [9.17, 15) is 13.6 Å². The predicted octanol–water partition coefficient (Wildman–Crippen LogP) is 2.96. The van der Waals surface area contributed by atoms with Gasteiger partial charge in [-0.2, -0.15) is 0 Å². The van der Waals surface area contributed by atoms with Crippen LogP contribution in [0.5, 0.6) is 5.75 Å². The first-order chi connectivity index (χ1) is 8.25. The van der Waals surface area contributed by atoms with E-state index in [4.69, 9.17) is 9.84 Å². The normalized spacial score (nSPS) is 11.4. The smallest absolute Gasteiger partial charge is 0.309 e. The molecule has 0 bridgehead atoms. The molecule has 1 aromatic rings. The largest absolute Gasteiger partial charge is 0.496 e. The SMILES string of the molecule is COc1c(C)cc(C)cc1CC(F)(F)CC(=O)O. The quantitative estimate of drug-likeness (QED) is 0.883. The number of alkyl halides is 2. The minimum Gasteiger partial charge on any atom is -0.496 e. The van der Waals surface area contributed by atoms with Crippen LogP contribution in [0.4, 0.5) is 8.78 Å². The second kappa shape index (κ2) is 5.33. The second-order valence-corrected chi connectivity index (χ2v) is 4.38. The van der Waals surface area contributed by atoms with Gasteiger partial charge in [-0.3, -0.25) is 4.79 Å². The van der Waals surface area contributed by atoms with Crippen LogP contribution in [0, 0.1) is 13.8 Å². The number of carbonyl (C=O) groups is 1. The van der Waals surface area contributed by atoms with Gasteiger partial charge >= 0.3 is 5.97 Å². The zero-order valence-corrected chi connectivity index (χ0v) is 10.6. The first kappa shape index (κ1) is 14.4. The third-order valence-electron chi connectivity index (χ3n) is 2.56. The highest BCUT2D eigenvalue weighted by molar-refractivity contribution is 5.68. The Hall–Kier alpha value is -1.65. The molecule has 1 aromatic carbocycles. The van der Waals surface area contributed by atoms with Crippen molar-refractivity contribution in [3.05, 3.63) is 28.8 Å². The summed E-state index contributed by atoms with van der Waals surface area (Å²) in [6.07, 6.45) is -1.81. The van der Waals surface area contributed by atoms with Gasteiger partial charge in [-0.1, -0.05) is 17.7 Å². The van der Waals surface area contributed by atoms with Crippen LogP contribution in [0.25, 0.3) is 0 Å². The lowest BCUT2D eigenvalue weighted by atomic mass is 9.99. The summed E-state index contributed by atoms with van der Waals surface area (Å²) in [5.74, 6) is -4.40. The van der Waals surface area contributed by atoms with E-state index >= 15 is 0 Å². The summed E-state index contributed by atoms with van der Waals surface area (Å²) >= 11 is 0. The zero-order valence-electron chi connectivity index (χ0n) is 10.6. The van der Waals surface area contributed by atoms with Gasteiger partial charge in [-0.25, -0.2) is 8.78 Å². The molecule has 0 aliphatic heterocycles. The first-order valence-electron chi connectivity index (χ1n) is 5.49. The summed E-state index contributed by atoms with van der Waals surface area (Å²) in [5.41, 5.74) is 1.94. The summed E-state index contributed by atoms with van der Waals surface area (Å²) in [6.45, 7) is 3.57. The minimum absolute atomic E-state index is 0.334. The van der Waals surface area contributed by atoms with Crippen molar-refractivity contribution in [1.29, 1.82) is 0 Å². The molecule has 18 heavy (non-hydrogen) atoms. The zero-order chi connectivity index (χ0) is 13.9. The summed E-state index contributed by atoms with van der Waals surface area (Å²) in [7, 11) is 1.41. The topological polar surface area (TPSA) is 46.5 Å². The van der Waals surface area contributed by atoms with Crippen LogP contribution in [0.3, 0.4) is 0 Å². The highest BCUT2D eigenvalue weighted by Gasteiger charge is 2.33. The number of aliphatic carboxylic acids is 1. The average molecular weight is 258 g/mol. The molecule has 1 N–H and O–H groups in total. The molecular weight excluding hydrogens is 242 g/mol. The number of benzene rings is 1. The van der Waals surface area contributed by atoms with E-state index in [2.05, 4.69) is 0 Å². The molecule has 100 valence electrons. The lowest BCUT2D eigenvalue weighted by molar-refractivity contribution is -0.144. The Morgan fingerprint density at radius 3 is 2.50 bits per heavy atom. The summed E-state index contributed by atoms with van der Waals surface area (Å²) < 4.78 is 32.1. The molecule has 0 aliphatic carbocycles. The number of ether oxygens (including phenoxy) is 1. The molecule has 0 saturated carbocycles. The first-order valence-corrected chi connectivity index (χ1v) is 5.49. The Bertz CT molecular complexity index is 456. The van der Waals surface area contributed by atoms with Gasteiger partial charge in [0.2, 0.25) is 0 Å². The van der Waals surface area contributed by atoms with Crippen molar-refractivity contribution in [2.24, 2.45) is 0 Å². The maximum Gasteiger partial charge on any atom is 0.309 e. The van der Waals surface area contributed by atoms with Crippen molar-refractivity contribution in [3.63, 3.8) is 0 Å². The van der Waals surface area contributed by atoms with Gasteiger partial charge in [0.25, 0.3) is 5.92 Å². The van der Waals surface area contributed by atoms with Gasteiger partial charge in [0.05, 0.1) is 7.11 Å². The van der Waals surface area contributed by atoms with E-state index in [1.54, 1.807) is 19.9 Å². The van der Waals surface area contributed by atoms with Crippen LogP contribution in [0.1, 0.15) is 23.1 Å². The van der Waals surface area contributed by atoms with Crippen molar-refractivity contribution < 1.29 is 23.4 Å². The standard InChI is InChI=1S/C13H16F2O3/c1-8-4-9(2)12(18-3)10(5-8)6-13(14,15)7-11(16)17/h4-5H,6-7H2,1-3H3,(H,16,17). The molecule has 0 unspecified atom stereocenters. The minimum atomic E-state index is -3.28. The molecule has 0 amide bonds. The number of carboxylic acid groups (broad SMARTS) is 1. The monoisotopic (exact) mass is 258 g/mol. The molecule has 3 nitrogen and oxygen atoms in total. The Morgan fingerprint density at radius 2 is 2.00 bits per heavy atom. The number of carboxylic acids is 1. The van der Waals surface area contributed by atoms with E-state index in [-0.39, 0.29) is 0 Å². The summed E-state index contributed by atoms with van der Waals surface area (Å²) in [5, 5.41) is 8.45. The fraction of sp³-hybridized carbons (Fsp3) is 0.462. The van der Waals surface area contributed by atoms with Gasteiger partial charge in [-0.05, 0) is 19.4 Å². The van der Waals surface area contributed by atoms with Crippen LogP contribution in [0.15, 0.2) is 12.1 Å². The van der Waals surface area contributed by atoms with Crippen molar-refractivity contribution >= 4 is 5.97 Å². The van der Waals surface area contributed by atoms with Crippen LogP contribution >= 0.6 is 0 Å². The highest BCUT2D eigenvalue weighted by atomic mass is 19.3. The van der Waals surface area contributed by atoms with Gasteiger partial charge in [0.1, 0.15) is 12.2 Å². The van der Waals surface area contributed by atoms with Crippen LogP contribution in [-0.4, -0.2) is 24.1 Å². The Morgan fingerprint density at radius 1 is 1.39 bits per heavy atom. The maximum atomic E-state index is 13.5. The average Bonchev–Trinajstić information content (AvgIpc) is 2.13. The maximum absolute atomic E-state index is 13.5. The van der Waals surface area contributed by atoms with Crippen LogP contribution in [0.2, 0.25) is 0 Å². The number of hydrogen-bond donors (Lipinski definition) is 1. The van der Waals surface area contributed by atoms with E-state index in [0.717, 1.165) is 11.1 Å². The lowest BCUT2D eigenvalue weighted by Gasteiger charge is -2.18. The molecule has 5 heteroatoms. The van der Waals surface area contributed by atoms with E-state index in [1.807, 2.05) is 6.07 Å². The molecule has 0 aliphatic rings. The Balaban J connectivity index is 3.06. The lowest BCUT2D eigenvalue weighted by Crippen LogP contribution is -2.24. The van der Waals surface area contributed by atoms with E-state index in [0.29, 0.717) is 11.3 Å². The van der Waals surface area contributed by atoms with Crippen LogP contribution in [-0.2, 0) is 11.2 Å². The van der Waals surface area contributed by atoms with Crippen molar-refractivity contribution in [2.75, 3.05) is 7.11 Å². The van der Waals surface area contributed by atoms with Crippen molar-refractivity contribution in [3.8, 4) is 5.75 Å². The third kappa shape index (κ3) is 3.68. The van der Waals surface area contributed by atoms with Crippen molar-refractivity contribution in [1.82, 2.24) is 0 Å². The molecule has 0 aromatic heterocycles. The van der Waals surface area contributed by atoms with Gasteiger partial charge in [-0.15, -0.1) is 0 Å². The fourth-order valence-electron chi connectivity index (χ4n) is 2.03. The Kier molecular flexibility index (Phi) is 4.27. The van der Waals surface area contributed by atoms with Crippen molar-refractivity contribution in [2.45, 2.75) is 32.6 Å². The number of methoxy groups -OCH3 is 1. The Labute approximate surface area is 104 Å². The number of aryl methyl sites for hydroxylation is 2. The molecule has 0 atom stereocenters. The van der Waals surface area contributed by atoms with Crippen LogP contribution < -0.4 is 4.74 Å². The molecule has 0 saturated heterocycles. The van der Waals surface area contributed by atoms with E-state index in [1.165, 1.54) is 7.11 Å². The second-order valence-electron chi connectivity index (χ2n) is 4.38. The number of halogens is 2. The fourth-order valence-corrected chi connectivity index (χ4v) is 2.03. The molecule has 0 fully saturated rings. The molecule has 1 rings (SSSR count). The molecular formula is C13H16F2O3. The number of hydrogen-bond acceptors (Lipinski definition) is 2. The molecule has 0 spiro atoms. The van der Waals surface area contributed by atoms with Gasteiger partial charge < -0.3 is 9.84 Å². The molecule has 0 radical (unpaired) electrons. The molecule has 0 heterocycles. The summed E-state index contributed by atoms with van der Waals surface area (Å²) in [4.78, 5) is 10.4.